The van der Waals surface area contributed by atoms with Crippen molar-refractivity contribution < 1.29 is 22.7 Å². The SMILES string of the molecule is O=C(O)c1cccc(F)c1NS(=O)(=O)c1ccc(I)cc1. The minimum atomic E-state index is -4.07. The van der Waals surface area contributed by atoms with Crippen molar-refractivity contribution in [3.05, 3.63) is 57.4 Å². The van der Waals surface area contributed by atoms with E-state index in [1.54, 1.807) is 12.1 Å². The second-order valence-corrected chi connectivity index (χ2v) is 6.96. The Labute approximate surface area is 134 Å². The summed E-state index contributed by atoms with van der Waals surface area (Å²) in [7, 11) is -4.07. The Balaban J connectivity index is 2.46. The van der Waals surface area contributed by atoms with E-state index in [1.165, 1.54) is 18.2 Å². The molecule has 2 N–H and O–H groups in total. The van der Waals surface area contributed by atoms with Crippen LogP contribution in [-0.2, 0) is 10.0 Å². The van der Waals surface area contributed by atoms with Crippen LogP contribution in [0.15, 0.2) is 47.4 Å². The molecule has 0 spiro atoms. The maximum absolute atomic E-state index is 13.7. The van der Waals surface area contributed by atoms with Gasteiger partial charge >= 0.3 is 5.97 Å². The quantitative estimate of drug-likeness (QED) is 0.744. The summed E-state index contributed by atoms with van der Waals surface area (Å²) in [5.74, 6) is -2.38. The van der Waals surface area contributed by atoms with Crippen molar-refractivity contribution in [1.29, 1.82) is 0 Å². The summed E-state index contributed by atoms with van der Waals surface area (Å²) < 4.78 is 40.9. The van der Waals surface area contributed by atoms with E-state index >= 15 is 0 Å². The molecule has 0 unspecified atom stereocenters. The smallest absolute Gasteiger partial charge is 0.337 e. The zero-order valence-electron chi connectivity index (χ0n) is 10.4. The van der Waals surface area contributed by atoms with E-state index in [2.05, 4.69) is 0 Å². The summed E-state index contributed by atoms with van der Waals surface area (Å²) in [6, 6.07) is 9.16. The number of hydrogen-bond donors (Lipinski definition) is 2. The van der Waals surface area contributed by atoms with Crippen LogP contribution >= 0.6 is 22.6 Å². The number of para-hydroxylation sites is 1. The molecule has 0 saturated heterocycles. The number of anilines is 1. The summed E-state index contributed by atoms with van der Waals surface area (Å²) in [6.45, 7) is 0. The van der Waals surface area contributed by atoms with E-state index in [1.807, 2.05) is 27.3 Å². The van der Waals surface area contributed by atoms with Crippen molar-refractivity contribution in [3.8, 4) is 0 Å². The van der Waals surface area contributed by atoms with Gasteiger partial charge in [0.05, 0.1) is 16.1 Å². The maximum Gasteiger partial charge on any atom is 0.337 e. The van der Waals surface area contributed by atoms with Crippen LogP contribution in [0.4, 0.5) is 10.1 Å². The van der Waals surface area contributed by atoms with Crippen molar-refractivity contribution in [1.82, 2.24) is 0 Å². The van der Waals surface area contributed by atoms with Crippen LogP contribution in [0.3, 0.4) is 0 Å². The average molecular weight is 421 g/mol. The van der Waals surface area contributed by atoms with Crippen LogP contribution in [0.5, 0.6) is 0 Å². The van der Waals surface area contributed by atoms with E-state index < -0.39 is 33.1 Å². The lowest BCUT2D eigenvalue weighted by molar-refractivity contribution is 0.0697. The second kappa shape index (κ2) is 5.98. The number of aromatic carboxylic acids is 1. The van der Waals surface area contributed by atoms with Crippen molar-refractivity contribution in [2.45, 2.75) is 4.90 Å². The summed E-state index contributed by atoms with van der Waals surface area (Å²) >= 11 is 2.01. The molecule has 2 rings (SSSR count). The molecule has 0 aliphatic heterocycles. The normalized spacial score (nSPS) is 11.1. The molecule has 0 bridgehead atoms. The molecule has 0 heterocycles. The Hall–Kier alpha value is -1.68. The molecule has 0 fully saturated rings. The predicted octanol–water partition coefficient (Wildman–Crippen LogP) is 2.93. The number of halogens is 2. The molecule has 0 saturated carbocycles. The van der Waals surface area contributed by atoms with Gasteiger partial charge in [0.15, 0.2) is 0 Å². The van der Waals surface area contributed by atoms with Gasteiger partial charge in [-0.2, -0.15) is 0 Å². The fraction of sp³-hybridized carbons (Fsp3) is 0. The number of carboxylic acids is 1. The highest BCUT2D eigenvalue weighted by atomic mass is 127. The Morgan fingerprint density at radius 1 is 1.14 bits per heavy atom. The van der Waals surface area contributed by atoms with Gasteiger partial charge in [-0.25, -0.2) is 17.6 Å². The van der Waals surface area contributed by atoms with Gasteiger partial charge in [-0.05, 0) is 59.0 Å². The Morgan fingerprint density at radius 2 is 1.76 bits per heavy atom. The van der Waals surface area contributed by atoms with E-state index in [0.29, 0.717) is 0 Å². The van der Waals surface area contributed by atoms with Gasteiger partial charge in [0, 0.05) is 3.57 Å². The first-order valence-corrected chi connectivity index (χ1v) is 8.17. The summed E-state index contributed by atoms with van der Waals surface area (Å²) in [6.07, 6.45) is 0. The van der Waals surface area contributed by atoms with Crippen molar-refractivity contribution >= 4 is 44.3 Å². The second-order valence-electron chi connectivity index (χ2n) is 4.03. The number of nitrogens with one attached hydrogen (secondary N) is 1. The first-order valence-electron chi connectivity index (χ1n) is 5.61. The summed E-state index contributed by atoms with van der Waals surface area (Å²) in [4.78, 5) is 11.0. The molecule has 110 valence electrons. The highest BCUT2D eigenvalue weighted by molar-refractivity contribution is 14.1. The minimum absolute atomic E-state index is 0.0810. The average Bonchev–Trinajstić information content (AvgIpc) is 2.41. The van der Waals surface area contributed by atoms with Crippen molar-refractivity contribution in [3.63, 3.8) is 0 Å². The topological polar surface area (TPSA) is 83.5 Å². The van der Waals surface area contributed by atoms with Crippen LogP contribution in [0.25, 0.3) is 0 Å². The number of carboxylic acid groups (broad SMARTS) is 1. The largest absolute Gasteiger partial charge is 0.478 e. The minimum Gasteiger partial charge on any atom is -0.478 e. The number of carbonyl (C=O) groups is 1. The Morgan fingerprint density at radius 3 is 2.33 bits per heavy atom. The fourth-order valence-corrected chi connectivity index (χ4v) is 3.06. The first-order chi connectivity index (χ1) is 9.81. The number of hydrogen-bond acceptors (Lipinski definition) is 3. The molecule has 0 aliphatic carbocycles. The monoisotopic (exact) mass is 421 g/mol. The molecule has 0 radical (unpaired) electrons. The van der Waals surface area contributed by atoms with Crippen LogP contribution < -0.4 is 4.72 Å². The lowest BCUT2D eigenvalue weighted by Gasteiger charge is -2.11. The fourth-order valence-electron chi connectivity index (χ4n) is 1.61. The lowest BCUT2D eigenvalue weighted by atomic mass is 10.2. The molecule has 21 heavy (non-hydrogen) atoms. The van der Waals surface area contributed by atoms with Gasteiger partial charge in [0.1, 0.15) is 5.82 Å². The van der Waals surface area contributed by atoms with Gasteiger partial charge in [-0.1, -0.05) is 6.07 Å². The lowest BCUT2D eigenvalue weighted by Crippen LogP contribution is -2.16. The molecule has 8 heteroatoms. The molecule has 0 aliphatic rings. The third-order valence-electron chi connectivity index (χ3n) is 2.60. The number of sulfonamides is 1. The molecule has 2 aromatic carbocycles. The van der Waals surface area contributed by atoms with E-state index in [0.717, 1.165) is 15.7 Å². The standard InChI is InChI=1S/C13H9FINO4S/c14-11-3-1-2-10(13(17)18)12(11)16-21(19,20)9-6-4-8(15)5-7-9/h1-7,16H,(H,17,18). The van der Waals surface area contributed by atoms with E-state index in [9.17, 15) is 17.6 Å². The van der Waals surface area contributed by atoms with E-state index in [-0.39, 0.29) is 4.90 Å². The van der Waals surface area contributed by atoms with Gasteiger partial charge in [0.25, 0.3) is 10.0 Å². The van der Waals surface area contributed by atoms with E-state index in [4.69, 9.17) is 5.11 Å². The van der Waals surface area contributed by atoms with Crippen LogP contribution in [0, 0.1) is 9.39 Å². The molecule has 0 atom stereocenters. The Kier molecular flexibility index (Phi) is 4.47. The van der Waals surface area contributed by atoms with Crippen LogP contribution in [0.2, 0.25) is 0 Å². The third-order valence-corrected chi connectivity index (χ3v) is 4.69. The predicted molar refractivity (Wildman–Crippen MR) is 83.3 cm³/mol. The third kappa shape index (κ3) is 3.50. The zero-order valence-corrected chi connectivity index (χ0v) is 13.4. The zero-order chi connectivity index (χ0) is 15.6. The highest BCUT2D eigenvalue weighted by Crippen LogP contribution is 2.24. The number of benzene rings is 2. The van der Waals surface area contributed by atoms with Gasteiger partial charge in [-0.15, -0.1) is 0 Å². The summed E-state index contributed by atoms with van der Waals surface area (Å²) in [5, 5.41) is 8.99. The Bertz CT molecular complexity index is 790. The van der Waals surface area contributed by atoms with Crippen molar-refractivity contribution in [2.24, 2.45) is 0 Å². The molecular weight excluding hydrogens is 412 g/mol. The molecule has 2 aromatic rings. The summed E-state index contributed by atoms with van der Waals surface area (Å²) in [5.41, 5.74) is -1.03. The highest BCUT2D eigenvalue weighted by Gasteiger charge is 2.21. The van der Waals surface area contributed by atoms with Crippen LogP contribution in [0.1, 0.15) is 10.4 Å². The van der Waals surface area contributed by atoms with Gasteiger partial charge in [0.2, 0.25) is 0 Å². The first kappa shape index (κ1) is 15.7. The molecular formula is C13H9FINO4S. The van der Waals surface area contributed by atoms with Gasteiger partial charge < -0.3 is 5.11 Å². The molecule has 0 aromatic heterocycles. The van der Waals surface area contributed by atoms with Crippen molar-refractivity contribution in [2.75, 3.05) is 4.72 Å². The maximum atomic E-state index is 13.7. The van der Waals surface area contributed by atoms with Gasteiger partial charge in [-0.3, -0.25) is 4.72 Å². The number of rotatable bonds is 4. The van der Waals surface area contributed by atoms with Crippen LogP contribution in [-0.4, -0.2) is 19.5 Å². The molecule has 0 amide bonds. The molecule has 5 nitrogen and oxygen atoms in total.